The van der Waals surface area contributed by atoms with Crippen molar-refractivity contribution in [3.63, 3.8) is 0 Å². The van der Waals surface area contributed by atoms with Crippen molar-refractivity contribution < 1.29 is 5.11 Å². The number of nitrogens with zero attached hydrogens (tertiary/aromatic N) is 4. The van der Waals surface area contributed by atoms with E-state index in [2.05, 4.69) is 38.7 Å². The summed E-state index contributed by atoms with van der Waals surface area (Å²) in [7, 11) is 0. The Morgan fingerprint density at radius 3 is 2.72 bits per heavy atom. The number of hydrogen-bond acceptors (Lipinski definition) is 5. The molecule has 150 valence electrons. The molecule has 5 rings (SSSR count). The van der Waals surface area contributed by atoms with Gasteiger partial charge in [-0.25, -0.2) is 9.50 Å². The lowest BCUT2D eigenvalue weighted by Crippen LogP contribution is -2.37. The molecule has 29 heavy (non-hydrogen) atoms. The maximum Gasteiger partial charge on any atom is 0.154 e. The largest absolute Gasteiger partial charge is 0.390 e. The van der Waals surface area contributed by atoms with E-state index in [-0.39, 0.29) is 0 Å². The number of aromatic amines is 1. The van der Waals surface area contributed by atoms with Gasteiger partial charge in [0.25, 0.3) is 0 Å². The van der Waals surface area contributed by atoms with Gasteiger partial charge in [-0.2, -0.15) is 5.10 Å². The molecule has 0 aliphatic heterocycles. The summed E-state index contributed by atoms with van der Waals surface area (Å²) >= 11 is 0. The minimum absolute atomic E-state index is 0.369. The van der Waals surface area contributed by atoms with Crippen molar-refractivity contribution in [3.8, 4) is 11.3 Å². The van der Waals surface area contributed by atoms with Crippen molar-refractivity contribution in [1.29, 1.82) is 0 Å². The Bertz CT molecular complexity index is 1150. The SMILES string of the molecule is CC(C)(O)C1CCC(Nc2ccc3ncc(-c4ccc5cn[nH]c5c4)n3n2)CC1. The molecule has 0 unspecified atom stereocenters. The van der Waals surface area contributed by atoms with Crippen molar-refractivity contribution >= 4 is 22.4 Å². The van der Waals surface area contributed by atoms with Crippen LogP contribution in [0.3, 0.4) is 0 Å². The van der Waals surface area contributed by atoms with Crippen LogP contribution in [0.25, 0.3) is 27.8 Å². The molecule has 0 radical (unpaired) electrons. The monoisotopic (exact) mass is 390 g/mol. The summed E-state index contributed by atoms with van der Waals surface area (Å²) in [4.78, 5) is 4.51. The van der Waals surface area contributed by atoms with Gasteiger partial charge in [0.2, 0.25) is 0 Å². The van der Waals surface area contributed by atoms with Gasteiger partial charge in [0.15, 0.2) is 5.65 Å². The van der Waals surface area contributed by atoms with Crippen molar-refractivity contribution in [3.05, 3.63) is 42.7 Å². The molecule has 1 saturated carbocycles. The lowest BCUT2D eigenvalue weighted by Gasteiger charge is -2.36. The van der Waals surface area contributed by atoms with Gasteiger partial charge in [0.05, 0.1) is 29.2 Å². The molecule has 0 spiro atoms. The first-order chi connectivity index (χ1) is 14.0. The zero-order valence-electron chi connectivity index (χ0n) is 16.8. The van der Waals surface area contributed by atoms with E-state index < -0.39 is 5.60 Å². The number of aromatic nitrogens is 5. The highest BCUT2D eigenvalue weighted by Gasteiger charge is 2.31. The molecule has 4 aromatic rings. The second-order valence-corrected chi connectivity index (χ2v) is 8.65. The number of anilines is 1. The van der Waals surface area contributed by atoms with Gasteiger partial charge in [-0.15, -0.1) is 5.10 Å². The first kappa shape index (κ1) is 18.1. The van der Waals surface area contributed by atoms with E-state index in [1.807, 2.05) is 42.9 Å². The first-order valence-corrected chi connectivity index (χ1v) is 10.2. The number of benzene rings is 1. The van der Waals surface area contributed by atoms with Crippen LogP contribution >= 0.6 is 0 Å². The smallest absolute Gasteiger partial charge is 0.154 e. The summed E-state index contributed by atoms with van der Waals surface area (Å²) in [5, 5.41) is 26.8. The Morgan fingerprint density at radius 1 is 1.10 bits per heavy atom. The van der Waals surface area contributed by atoms with Gasteiger partial charge >= 0.3 is 0 Å². The van der Waals surface area contributed by atoms with Crippen molar-refractivity contribution in [2.75, 3.05) is 5.32 Å². The molecule has 0 bridgehead atoms. The lowest BCUT2D eigenvalue weighted by atomic mass is 9.77. The van der Waals surface area contributed by atoms with Crippen molar-refractivity contribution in [1.82, 2.24) is 24.8 Å². The predicted octanol–water partition coefficient (Wildman–Crippen LogP) is 4.01. The summed E-state index contributed by atoms with van der Waals surface area (Å²) in [5.74, 6) is 1.22. The minimum Gasteiger partial charge on any atom is -0.390 e. The third-order valence-electron chi connectivity index (χ3n) is 6.18. The first-order valence-electron chi connectivity index (χ1n) is 10.2. The van der Waals surface area contributed by atoms with E-state index in [1.54, 1.807) is 0 Å². The molecule has 1 fully saturated rings. The second-order valence-electron chi connectivity index (χ2n) is 8.65. The fraction of sp³-hybridized carbons (Fsp3) is 0.409. The van der Waals surface area contributed by atoms with Crippen LogP contribution in [0.15, 0.2) is 42.7 Å². The van der Waals surface area contributed by atoms with Gasteiger partial charge in [-0.3, -0.25) is 5.10 Å². The van der Waals surface area contributed by atoms with E-state index in [4.69, 9.17) is 5.10 Å². The normalized spacial score (nSPS) is 20.4. The zero-order chi connectivity index (χ0) is 20.0. The highest BCUT2D eigenvalue weighted by Crippen LogP contribution is 2.33. The summed E-state index contributed by atoms with van der Waals surface area (Å²) < 4.78 is 1.89. The number of nitrogens with one attached hydrogen (secondary N) is 2. The molecule has 3 N–H and O–H groups in total. The number of rotatable bonds is 4. The maximum absolute atomic E-state index is 10.3. The summed E-state index contributed by atoms with van der Waals surface area (Å²) in [5.41, 5.74) is 3.22. The molecule has 1 aliphatic carbocycles. The van der Waals surface area contributed by atoms with Crippen LogP contribution < -0.4 is 5.32 Å². The molecular formula is C22H26N6O. The molecule has 0 amide bonds. The van der Waals surface area contributed by atoms with E-state index in [9.17, 15) is 5.11 Å². The van der Waals surface area contributed by atoms with E-state index in [0.717, 1.165) is 59.3 Å². The third-order valence-corrected chi connectivity index (χ3v) is 6.18. The van der Waals surface area contributed by atoms with Crippen LogP contribution in [0.5, 0.6) is 0 Å². The van der Waals surface area contributed by atoms with Crippen LogP contribution in [0.1, 0.15) is 39.5 Å². The Kier molecular flexibility index (Phi) is 4.28. The molecule has 1 aliphatic rings. The van der Waals surface area contributed by atoms with Crippen molar-refractivity contribution in [2.24, 2.45) is 5.92 Å². The van der Waals surface area contributed by atoms with Gasteiger partial charge in [-0.1, -0.05) is 12.1 Å². The Balaban J connectivity index is 1.38. The fourth-order valence-electron chi connectivity index (χ4n) is 4.40. The van der Waals surface area contributed by atoms with Crippen LogP contribution in [0.4, 0.5) is 5.82 Å². The van der Waals surface area contributed by atoms with Gasteiger partial charge in [-0.05, 0) is 63.6 Å². The minimum atomic E-state index is -0.594. The van der Waals surface area contributed by atoms with Crippen LogP contribution in [0.2, 0.25) is 0 Å². The maximum atomic E-state index is 10.3. The highest BCUT2D eigenvalue weighted by atomic mass is 16.3. The second kappa shape index (κ2) is 6.84. The molecule has 0 saturated heterocycles. The quantitative estimate of drug-likeness (QED) is 0.490. The summed E-state index contributed by atoms with van der Waals surface area (Å²) in [6.07, 6.45) is 7.83. The molecular weight excluding hydrogens is 364 g/mol. The standard InChI is InChI=1S/C22H26N6O/c1-22(2,29)16-5-7-17(8-6-16)25-20-9-10-21-23-13-19(28(21)27-20)14-3-4-15-12-24-26-18(15)11-14/h3-4,9-13,16-17,29H,5-8H2,1-2H3,(H,24,26)(H,25,27). The van der Waals surface area contributed by atoms with Gasteiger partial charge in [0, 0.05) is 17.0 Å². The fourth-order valence-corrected chi connectivity index (χ4v) is 4.40. The van der Waals surface area contributed by atoms with Gasteiger partial charge in [0.1, 0.15) is 5.82 Å². The molecule has 3 heterocycles. The van der Waals surface area contributed by atoms with Crippen LogP contribution in [0, 0.1) is 5.92 Å². The molecule has 3 aromatic heterocycles. The van der Waals surface area contributed by atoms with Crippen molar-refractivity contribution in [2.45, 2.75) is 51.2 Å². The highest BCUT2D eigenvalue weighted by molar-refractivity contribution is 5.83. The summed E-state index contributed by atoms with van der Waals surface area (Å²) in [6.45, 7) is 3.84. The molecule has 7 heteroatoms. The summed E-state index contributed by atoms with van der Waals surface area (Å²) in [6, 6.07) is 10.6. The van der Waals surface area contributed by atoms with Gasteiger partial charge < -0.3 is 10.4 Å². The Hall–Kier alpha value is -2.93. The Labute approximate surface area is 169 Å². The topological polar surface area (TPSA) is 91.1 Å². The lowest BCUT2D eigenvalue weighted by molar-refractivity contribution is -0.000405. The average molecular weight is 390 g/mol. The van der Waals surface area contributed by atoms with E-state index in [0.29, 0.717) is 12.0 Å². The number of hydrogen-bond donors (Lipinski definition) is 3. The van der Waals surface area contributed by atoms with E-state index in [1.165, 1.54) is 0 Å². The third kappa shape index (κ3) is 3.46. The number of fused-ring (bicyclic) bond motifs is 2. The zero-order valence-corrected chi connectivity index (χ0v) is 16.8. The number of aliphatic hydroxyl groups is 1. The predicted molar refractivity (Wildman–Crippen MR) is 114 cm³/mol. The Morgan fingerprint density at radius 2 is 1.93 bits per heavy atom. The van der Waals surface area contributed by atoms with E-state index >= 15 is 0 Å². The van der Waals surface area contributed by atoms with Crippen LogP contribution in [-0.2, 0) is 0 Å². The molecule has 0 atom stereocenters. The number of imidazole rings is 1. The number of H-pyrrole nitrogens is 1. The average Bonchev–Trinajstić information content (AvgIpc) is 3.33. The van der Waals surface area contributed by atoms with Crippen LogP contribution in [-0.4, -0.2) is 41.5 Å². The molecule has 7 nitrogen and oxygen atoms in total. The molecule has 1 aromatic carbocycles.